The predicted molar refractivity (Wildman–Crippen MR) is 149 cm³/mol. The van der Waals surface area contributed by atoms with Crippen LogP contribution in [-0.4, -0.2) is 59.7 Å². The van der Waals surface area contributed by atoms with E-state index in [-0.39, 0.29) is 18.6 Å². The first-order valence-electron chi connectivity index (χ1n) is 13.2. The number of hydrogen-bond acceptors (Lipinski definition) is 11. The number of aromatic amines is 1. The second kappa shape index (κ2) is 11.8. The van der Waals surface area contributed by atoms with Gasteiger partial charge in [0.05, 0.1) is 17.0 Å². The minimum atomic E-state index is -1.64. The first kappa shape index (κ1) is 31.0. The number of esters is 2. The molecule has 1 aliphatic rings. The van der Waals surface area contributed by atoms with Gasteiger partial charge in [0, 0.05) is 57.5 Å². The Balaban J connectivity index is 1.97. The Kier molecular flexibility index (Phi) is 8.48. The number of nitrogens with one attached hydrogen (secondary N) is 1. The van der Waals surface area contributed by atoms with Crippen LogP contribution in [-0.2, 0) is 37.9 Å². The predicted octanol–water partition coefficient (Wildman–Crippen LogP) is -0.0755. The minimum absolute atomic E-state index is 0.0866. The van der Waals surface area contributed by atoms with Crippen LogP contribution in [0.15, 0.2) is 37.5 Å². The molecule has 15 heteroatoms. The lowest BCUT2D eigenvalue weighted by atomic mass is 9.86. The van der Waals surface area contributed by atoms with Gasteiger partial charge in [-0.2, -0.15) is 0 Å². The summed E-state index contributed by atoms with van der Waals surface area (Å²) in [6, 6.07) is 2.54. The average Bonchev–Trinajstić information content (AvgIpc) is 3.30. The van der Waals surface area contributed by atoms with E-state index in [0.717, 1.165) is 10.8 Å². The highest BCUT2D eigenvalue weighted by Gasteiger charge is 2.40. The third-order valence-electron chi connectivity index (χ3n) is 7.51. The molecule has 0 aromatic carbocycles. The van der Waals surface area contributed by atoms with Crippen molar-refractivity contribution in [2.75, 3.05) is 6.61 Å². The van der Waals surface area contributed by atoms with Gasteiger partial charge in [-0.05, 0) is 26.0 Å². The zero-order valence-corrected chi connectivity index (χ0v) is 24.4. The largest absolute Gasteiger partial charge is 0.507 e. The van der Waals surface area contributed by atoms with Gasteiger partial charge in [0.25, 0.3) is 16.7 Å². The summed E-state index contributed by atoms with van der Waals surface area (Å²) in [6.45, 7) is 5.20. The van der Waals surface area contributed by atoms with Crippen molar-refractivity contribution in [1.29, 1.82) is 0 Å². The molecular weight excluding hydrogens is 568 g/mol. The maximum absolute atomic E-state index is 13.5. The van der Waals surface area contributed by atoms with Crippen LogP contribution in [0.2, 0.25) is 0 Å². The van der Waals surface area contributed by atoms with Crippen molar-refractivity contribution in [3.05, 3.63) is 88.0 Å². The third kappa shape index (κ3) is 5.88. The Morgan fingerprint density at radius 1 is 0.977 bits per heavy atom. The van der Waals surface area contributed by atoms with E-state index in [4.69, 9.17) is 14.2 Å². The molecule has 0 radical (unpaired) electrons. The summed E-state index contributed by atoms with van der Waals surface area (Å²) in [5.74, 6) is -3.99. The lowest BCUT2D eigenvalue weighted by Crippen LogP contribution is -2.38. The molecule has 3 aromatic rings. The van der Waals surface area contributed by atoms with Gasteiger partial charge >= 0.3 is 17.6 Å². The molecule has 3 N–H and O–H groups in total. The fourth-order valence-corrected chi connectivity index (χ4v) is 5.12. The molecule has 0 amide bonds. The first-order chi connectivity index (χ1) is 20.1. The molecule has 0 unspecified atom stereocenters. The topological polar surface area (TPSA) is 201 Å². The molecule has 15 nitrogen and oxygen atoms in total. The number of aromatic nitrogens is 4. The normalized spacial score (nSPS) is 18.2. The number of carbonyl (C=O) groups excluding carboxylic acids is 2. The van der Waals surface area contributed by atoms with Crippen molar-refractivity contribution in [2.24, 2.45) is 14.1 Å². The quantitative estimate of drug-likeness (QED) is 0.306. The van der Waals surface area contributed by atoms with Gasteiger partial charge < -0.3 is 33.6 Å². The van der Waals surface area contributed by atoms with E-state index in [2.05, 4.69) is 4.98 Å². The Morgan fingerprint density at radius 2 is 1.51 bits per heavy atom. The summed E-state index contributed by atoms with van der Waals surface area (Å²) in [5, 5.41) is 22.0. The molecule has 230 valence electrons. The van der Waals surface area contributed by atoms with Crippen molar-refractivity contribution in [3.63, 3.8) is 0 Å². The van der Waals surface area contributed by atoms with Crippen LogP contribution in [0.1, 0.15) is 60.5 Å². The number of aryl methyl sites for hydroxylation is 2. The fraction of sp³-hybridized carbons (Fsp3) is 0.429. The van der Waals surface area contributed by atoms with Gasteiger partial charge in [0.1, 0.15) is 36.5 Å². The number of carbonyl (C=O) groups is 2. The second-order valence-electron chi connectivity index (χ2n) is 10.4. The van der Waals surface area contributed by atoms with Gasteiger partial charge in [-0.1, -0.05) is 0 Å². The number of H-pyrrole nitrogens is 1. The van der Waals surface area contributed by atoms with Gasteiger partial charge in [0.15, 0.2) is 0 Å². The molecule has 3 aromatic heterocycles. The number of aromatic hydroxyl groups is 2. The van der Waals surface area contributed by atoms with Gasteiger partial charge in [0.2, 0.25) is 0 Å². The molecule has 3 atom stereocenters. The molecule has 1 aliphatic heterocycles. The van der Waals surface area contributed by atoms with E-state index in [1.54, 1.807) is 13.8 Å². The van der Waals surface area contributed by atoms with Crippen LogP contribution in [0.5, 0.6) is 11.5 Å². The summed E-state index contributed by atoms with van der Waals surface area (Å²) < 4.78 is 19.6. The third-order valence-corrected chi connectivity index (χ3v) is 7.51. The fourth-order valence-electron chi connectivity index (χ4n) is 5.12. The summed E-state index contributed by atoms with van der Waals surface area (Å²) in [7, 11) is 2.86. The first-order valence-corrected chi connectivity index (χ1v) is 13.2. The van der Waals surface area contributed by atoms with Crippen molar-refractivity contribution in [3.8, 4) is 11.5 Å². The molecule has 43 heavy (non-hydrogen) atoms. The van der Waals surface area contributed by atoms with E-state index in [9.17, 15) is 39.0 Å². The lowest BCUT2D eigenvalue weighted by Gasteiger charge is -2.23. The standard InChI is InChI=1S/C28H32N4O11/c1-12-7-17(35)23(26(38)30(12)5)22(24-18(36)8-13(2)31(6)27(24)39)16-10-32(28(40)29-25(16)37)21-9-19(42-15(4)34)20(43-21)11-41-14(3)33/h7-8,10,19-22,35-36H,9,11H2,1-6H3,(H,29,37,40)/t19-,20+,21+/m0/s1. The lowest BCUT2D eigenvalue weighted by molar-refractivity contribution is -0.155. The number of rotatable bonds is 7. The van der Waals surface area contributed by atoms with Crippen LogP contribution >= 0.6 is 0 Å². The molecule has 4 rings (SSSR count). The number of nitrogens with zero attached hydrogens (tertiary/aromatic N) is 3. The van der Waals surface area contributed by atoms with Gasteiger partial charge in [-0.3, -0.25) is 33.5 Å². The van der Waals surface area contributed by atoms with E-state index in [0.29, 0.717) is 11.4 Å². The van der Waals surface area contributed by atoms with Crippen molar-refractivity contribution >= 4 is 11.9 Å². The molecule has 1 saturated heterocycles. The maximum Gasteiger partial charge on any atom is 0.330 e. The van der Waals surface area contributed by atoms with Crippen LogP contribution in [0.25, 0.3) is 0 Å². The van der Waals surface area contributed by atoms with Crippen LogP contribution < -0.4 is 22.4 Å². The molecule has 0 saturated carbocycles. The highest BCUT2D eigenvalue weighted by molar-refractivity contribution is 5.66. The zero-order chi connectivity index (χ0) is 31.9. The van der Waals surface area contributed by atoms with E-state index in [1.807, 2.05) is 0 Å². The SMILES string of the molecule is CC(=O)OC[C@H]1O[C@@H](n2cc(C(c3c(O)cc(C)n(C)c3=O)c3c(O)cc(C)n(C)c3=O)c(=O)[nH]c2=O)C[C@@H]1OC(C)=O. The van der Waals surface area contributed by atoms with Crippen LogP contribution in [0.3, 0.4) is 0 Å². The Labute approximate surface area is 243 Å². The molecule has 1 fully saturated rings. The van der Waals surface area contributed by atoms with Gasteiger partial charge in [-0.15, -0.1) is 0 Å². The van der Waals surface area contributed by atoms with Crippen molar-refractivity contribution in [1.82, 2.24) is 18.7 Å². The Hall–Kier alpha value is -4.92. The summed E-state index contributed by atoms with van der Waals surface area (Å²) >= 11 is 0. The highest BCUT2D eigenvalue weighted by Crippen LogP contribution is 2.37. The second-order valence-corrected chi connectivity index (χ2v) is 10.4. The van der Waals surface area contributed by atoms with Crippen LogP contribution in [0.4, 0.5) is 0 Å². The average molecular weight is 601 g/mol. The maximum atomic E-state index is 13.5. The summed E-state index contributed by atoms with van der Waals surface area (Å²) in [5.41, 5.74) is -3.82. The van der Waals surface area contributed by atoms with E-state index < -0.39 is 81.3 Å². The van der Waals surface area contributed by atoms with Gasteiger partial charge in [-0.25, -0.2) is 4.79 Å². The molecule has 0 bridgehead atoms. The van der Waals surface area contributed by atoms with Crippen LogP contribution in [0, 0.1) is 13.8 Å². The minimum Gasteiger partial charge on any atom is -0.507 e. The molecule has 0 spiro atoms. The molecule has 4 heterocycles. The monoisotopic (exact) mass is 600 g/mol. The molecular formula is C28H32N4O11. The smallest absolute Gasteiger partial charge is 0.330 e. The highest BCUT2D eigenvalue weighted by atomic mass is 16.6. The summed E-state index contributed by atoms with van der Waals surface area (Å²) in [4.78, 5) is 78.7. The van der Waals surface area contributed by atoms with Crippen molar-refractivity contribution < 1.29 is 34.0 Å². The number of pyridine rings is 2. The van der Waals surface area contributed by atoms with E-state index in [1.165, 1.54) is 49.2 Å². The molecule has 0 aliphatic carbocycles. The van der Waals surface area contributed by atoms with E-state index >= 15 is 0 Å². The number of ether oxygens (including phenoxy) is 3. The Morgan fingerprint density at radius 3 is 2.00 bits per heavy atom. The van der Waals surface area contributed by atoms with Crippen molar-refractivity contribution in [2.45, 2.75) is 58.5 Å². The zero-order valence-electron chi connectivity index (χ0n) is 24.4. The Bertz CT molecular complexity index is 1780. The number of hydrogen-bond donors (Lipinski definition) is 3. The summed E-state index contributed by atoms with van der Waals surface area (Å²) in [6.07, 6.45) is -2.07.